The van der Waals surface area contributed by atoms with Crippen molar-refractivity contribution in [1.29, 1.82) is 0 Å². The van der Waals surface area contributed by atoms with Crippen LogP contribution in [0.2, 0.25) is 0 Å². The second-order valence-electron chi connectivity index (χ2n) is 6.40. The van der Waals surface area contributed by atoms with Crippen molar-refractivity contribution in [2.24, 2.45) is 5.92 Å². The van der Waals surface area contributed by atoms with E-state index in [0.717, 1.165) is 18.4 Å². The third-order valence-electron chi connectivity index (χ3n) is 4.66. The number of Topliss-reactive ketones (excluding diaryl/α,β-unsaturated/α-hetero) is 1. The number of hydrogen-bond donors (Lipinski definition) is 0. The molecule has 0 heterocycles. The van der Waals surface area contributed by atoms with E-state index in [-0.39, 0.29) is 10.5 Å². The van der Waals surface area contributed by atoms with Gasteiger partial charge < -0.3 is 0 Å². The number of fused-ring (bicyclic) bond motifs is 1. The van der Waals surface area contributed by atoms with Crippen LogP contribution in [0.25, 0.3) is 0 Å². The quantitative estimate of drug-likeness (QED) is 0.382. The molecule has 4 rings (SSSR count). The lowest BCUT2D eigenvalue weighted by atomic mass is 9.83. The number of thioether (sulfide) groups is 2. The van der Waals surface area contributed by atoms with Crippen LogP contribution in [0.5, 0.6) is 0 Å². The molecule has 1 nitrogen and oxygen atoms in total. The molecular weight excluding hydrogens is 356 g/mol. The maximum Gasteiger partial charge on any atom is 0.168 e. The smallest absolute Gasteiger partial charge is 0.168 e. The predicted molar refractivity (Wildman–Crippen MR) is 111 cm³/mol. The van der Waals surface area contributed by atoms with Crippen molar-refractivity contribution >= 4 is 29.3 Å². The molecule has 130 valence electrons. The topological polar surface area (TPSA) is 17.1 Å². The molecule has 0 radical (unpaired) electrons. The number of carbonyl (C=O) groups excluding carboxylic acids is 1. The summed E-state index contributed by atoms with van der Waals surface area (Å²) in [6.07, 6.45) is 1.90. The van der Waals surface area contributed by atoms with Crippen LogP contribution in [0.4, 0.5) is 0 Å². The fourth-order valence-electron chi connectivity index (χ4n) is 3.33. The van der Waals surface area contributed by atoms with Crippen LogP contribution in [0.15, 0.2) is 94.7 Å². The minimum absolute atomic E-state index is 0.0281. The summed E-state index contributed by atoms with van der Waals surface area (Å²) in [5.74, 6) is 0.323. The largest absolute Gasteiger partial charge is 0.294 e. The van der Waals surface area contributed by atoms with Gasteiger partial charge in [0, 0.05) is 21.3 Å². The molecular formula is C23H20OS2. The van der Waals surface area contributed by atoms with Crippen LogP contribution in [-0.2, 0) is 6.42 Å². The molecule has 0 saturated carbocycles. The Kier molecular flexibility index (Phi) is 5.47. The predicted octanol–water partition coefficient (Wildman–Crippen LogP) is 6.34. The summed E-state index contributed by atoms with van der Waals surface area (Å²) < 4.78 is 0.167. The van der Waals surface area contributed by atoms with E-state index in [1.165, 1.54) is 15.4 Å². The third kappa shape index (κ3) is 3.89. The van der Waals surface area contributed by atoms with Gasteiger partial charge in [0.15, 0.2) is 5.78 Å². The maximum atomic E-state index is 13.2. The molecule has 0 bridgehead atoms. The summed E-state index contributed by atoms with van der Waals surface area (Å²) in [6.45, 7) is 0. The highest BCUT2D eigenvalue weighted by Gasteiger charge is 2.34. The van der Waals surface area contributed by atoms with Crippen molar-refractivity contribution < 1.29 is 4.79 Å². The van der Waals surface area contributed by atoms with Gasteiger partial charge in [0.05, 0.1) is 4.58 Å². The number of hydrogen-bond acceptors (Lipinski definition) is 3. The Labute approximate surface area is 163 Å². The molecule has 0 aliphatic heterocycles. The highest BCUT2D eigenvalue weighted by Crippen LogP contribution is 2.44. The summed E-state index contributed by atoms with van der Waals surface area (Å²) in [4.78, 5) is 15.6. The molecule has 0 N–H and O–H groups in total. The third-order valence-corrected chi connectivity index (χ3v) is 7.45. The Morgan fingerprint density at radius 3 is 1.88 bits per heavy atom. The van der Waals surface area contributed by atoms with Gasteiger partial charge in [-0.3, -0.25) is 4.79 Å². The lowest BCUT2D eigenvalue weighted by Crippen LogP contribution is -2.29. The lowest BCUT2D eigenvalue weighted by molar-refractivity contribution is 0.0912. The zero-order valence-electron chi connectivity index (χ0n) is 14.4. The standard InChI is InChI=1S/C23H20OS2/c24-22-20-14-8-7-9-17(20)15-16-21(22)23(25-18-10-3-1-4-11-18)26-19-12-5-2-6-13-19/h1-14,21,23H,15-16H2. The van der Waals surface area contributed by atoms with Gasteiger partial charge in [-0.15, -0.1) is 23.5 Å². The van der Waals surface area contributed by atoms with Crippen LogP contribution in [0, 0.1) is 5.92 Å². The van der Waals surface area contributed by atoms with Gasteiger partial charge in [-0.25, -0.2) is 0 Å². The number of ketones is 1. The maximum absolute atomic E-state index is 13.2. The molecule has 1 atom stereocenters. The summed E-state index contributed by atoms with van der Waals surface area (Å²) in [6, 6.07) is 28.9. The van der Waals surface area contributed by atoms with Gasteiger partial charge in [0.25, 0.3) is 0 Å². The second-order valence-corrected chi connectivity index (χ2v) is 9.13. The van der Waals surface area contributed by atoms with Gasteiger partial charge in [0.1, 0.15) is 0 Å². The average molecular weight is 377 g/mol. The first-order chi connectivity index (χ1) is 12.8. The highest BCUT2D eigenvalue weighted by atomic mass is 32.2. The van der Waals surface area contributed by atoms with Crippen molar-refractivity contribution in [2.45, 2.75) is 27.2 Å². The molecule has 0 fully saturated rings. The number of aryl methyl sites for hydroxylation is 1. The summed E-state index contributed by atoms with van der Waals surface area (Å²) in [5, 5.41) is 0. The number of carbonyl (C=O) groups is 1. The molecule has 0 aromatic heterocycles. The van der Waals surface area contributed by atoms with Gasteiger partial charge in [-0.1, -0.05) is 60.7 Å². The van der Waals surface area contributed by atoms with E-state index in [9.17, 15) is 4.79 Å². The summed E-state index contributed by atoms with van der Waals surface area (Å²) in [5.41, 5.74) is 2.11. The molecule has 26 heavy (non-hydrogen) atoms. The Morgan fingerprint density at radius 2 is 1.27 bits per heavy atom. The van der Waals surface area contributed by atoms with E-state index >= 15 is 0 Å². The van der Waals surface area contributed by atoms with Gasteiger partial charge in [0.2, 0.25) is 0 Å². The Balaban J connectivity index is 1.63. The normalized spacial score (nSPS) is 16.5. The summed E-state index contributed by atoms with van der Waals surface area (Å²) in [7, 11) is 0. The van der Waals surface area contributed by atoms with Gasteiger partial charge in [-0.2, -0.15) is 0 Å². The molecule has 0 saturated heterocycles. The Morgan fingerprint density at radius 1 is 0.731 bits per heavy atom. The molecule has 3 aromatic carbocycles. The summed E-state index contributed by atoms with van der Waals surface area (Å²) >= 11 is 3.62. The molecule has 1 aliphatic carbocycles. The zero-order chi connectivity index (χ0) is 17.8. The average Bonchev–Trinajstić information content (AvgIpc) is 2.70. The van der Waals surface area contributed by atoms with Crippen molar-refractivity contribution in [2.75, 3.05) is 0 Å². The molecule has 0 amide bonds. The first-order valence-electron chi connectivity index (χ1n) is 8.87. The van der Waals surface area contributed by atoms with E-state index in [4.69, 9.17) is 0 Å². The highest BCUT2D eigenvalue weighted by molar-refractivity contribution is 8.17. The fraction of sp³-hybridized carbons (Fsp3) is 0.174. The molecule has 1 unspecified atom stereocenters. The SMILES string of the molecule is O=C1c2ccccc2CCC1C(Sc1ccccc1)Sc1ccccc1. The van der Waals surface area contributed by atoms with Crippen molar-refractivity contribution in [3.63, 3.8) is 0 Å². The zero-order valence-corrected chi connectivity index (χ0v) is 16.0. The van der Waals surface area contributed by atoms with E-state index in [1.807, 2.05) is 53.9 Å². The van der Waals surface area contributed by atoms with E-state index in [2.05, 4.69) is 54.6 Å². The van der Waals surface area contributed by atoms with Crippen LogP contribution < -0.4 is 0 Å². The number of rotatable bonds is 5. The molecule has 3 heteroatoms. The monoisotopic (exact) mass is 376 g/mol. The van der Waals surface area contributed by atoms with Crippen LogP contribution in [0.3, 0.4) is 0 Å². The lowest BCUT2D eigenvalue weighted by Gasteiger charge is -2.29. The second kappa shape index (κ2) is 8.15. The Bertz CT molecular complexity index is 835. The van der Waals surface area contributed by atoms with Gasteiger partial charge >= 0.3 is 0 Å². The molecule has 3 aromatic rings. The minimum Gasteiger partial charge on any atom is -0.294 e. The first kappa shape index (κ1) is 17.4. The number of benzene rings is 3. The van der Waals surface area contributed by atoms with Crippen molar-refractivity contribution in [1.82, 2.24) is 0 Å². The van der Waals surface area contributed by atoms with Gasteiger partial charge in [-0.05, 0) is 42.7 Å². The minimum atomic E-state index is 0.0281. The van der Waals surface area contributed by atoms with Crippen molar-refractivity contribution in [3.05, 3.63) is 96.1 Å². The van der Waals surface area contributed by atoms with E-state index in [0.29, 0.717) is 5.78 Å². The van der Waals surface area contributed by atoms with Crippen LogP contribution in [-0.4, -0.2) is 10.4 Å². The first-order valence-corrected chi connectivity index (χ1v) is 10.6. The molecule has 0 spiro atoms. The van der Waals surface area contributed by atoms with E-state index < -0.39 is 0 Å². The van der Waals surface area contributed by atoms with Crippen molar-refractivity contribution in [3.8, 4) is 0 Å². The Hall–Kier alpha value is -1.97. The van der Waals surface area contributed by atoms with Crippen LogP contribution in [0.1, 0.15) is 22.3 Å². The molecule has 1 aliphatic rings. The van der Waals surface area contributed by atoms with Crippen LogP contribution >= 0.6 is 23.5 Å². The van der Waals surface area contributed by atoms with E-state index in [1.54, 1.807) is 0 Å². The fourth-order valence-corrected chi connectivity index (χ4v) is 6.21.